The summed E-state index contributed by atoms with van der Waals surface area (Å²) in [4.78, 5) is 0. The Morgan fingerprint density at radius 3 is 0.571 bits per heavy atom. The highest BCUT2D eigenvalue weighted by atomic mass is 16.6. The number of benzene rings is 8. The van der Waals surface area contributed by atoms with Crippen molar-refractivity contribution in [3.63, 3.8) is 0 Å². The van der Waals surface area contributed by atoms with Crippen molar-refractivity contribution in [1.29, 1.82) is 0 Å². The van der Waals surface area contributed by atoms with Gasteiger partial charge >= 0.3 is 0 Å². The van der Waals surface area contributed by atoms with Crippen LogP contribution in [0.25, 0.3) is 0 Å². The molecule has 8 aromatic rings. The van der Waals surface area contributed by atoms with Crippen LogP contribution in [-0.2, 0) is 71.1 Å². The minimum absolute atomic E-state index is 0.0957. The Bertz CT molecular complexity index is 3780. The van der Waals surface area contributed by atoms with Crippen molar-refractivity contribution in [2.45, 2.75) is 77.8 Å². The van der Waals surface area contributed by atoms with E-state index >= 15 is 0 Å². The standard InChI is InChI=1S/2C44H58O12/c2*1-45-35-15-13-29(20-37(35)47-3)18-33(12-11-17-55-26-31-22-39(49-5)43(53-9)40(23-31)50-6)34(19-30-14-16-36(46-2)38(21-30)48-4)28-56-27-32-24-41(51-7)44(54-10)42(25-32)52-8/h2*13-16,20-25,33-34H,11-12,17-19,26-28H2,1-10H3/t2*33-,34+/m10/s1. The molecule has 0 N–H and O–H groups in total. The molecule has 0 bridgehead atoms. The van der Waals surface area contributed by atoms with Gasteiger partial charge in [-0.15, -0.1) is 0 Å². The van der Waals surface area contributed by atoms with Crippen LogP contribution in [0.3, 0.4) is 0 Å². The van der Waals surface area contributed by atoms with Gasteiger partial charge < -0.3 is 114 Å². The van der Waals surface area contributed by atoms with E-state index < -0.39 is 0 Å². The smallest absolute Gasteiger partial charge is 0.203 e. The number of ether oxygens (including phenoxy) is 24. The van der Waals surface area contributed by atoms with Gasteiger partial charge in [0.05, 0.1) is 182 Å². The van der Waals surface area contributed by atoms with Gasteiger partial charge in [0.25, 0.3) is 0 Å². The van der Waals surface area contributed by atoms with Crippen LogP contribution in [0.1, 0.15) is 70.2 Å². The molecule has 24 nitrogen and oxygen atoms in total. The normalized spacial score (nSPS) is 12.0. The van der Waals surface area contributed by atoms with Crippen molar-refractivity contribution < 1.29 is 114 Å². The Kier molecular flexibility index (Phi) is 37.3. The molecule has 0 saturated carbocycles. The molecule has 0 aliphatic heterocycles. The molecule has 0 aliphatic rings. The van der Waals surface area contributed by atoms with Gasteiger partial charge in [0.15, 0.2) is 92.0 Å². The van der Waals surface area contributed by atoms with Gasteiger partial charge in [-0.3, -0.25) is 0 Å². The van der Waals surface area contributed by atoms with Gasteiger partial charge in [-0.25, -0.2) is 0 Å². The first-order chi connectivity index (χ1) is 54.6. The maximum absolute atomic E-state index is 6.56. The molecule has 0 saturated heterocycles. The number of hydrogen-bond donors (Lipinski definition) is 0. The summed E-state index contributed by atoms with van der Waals surface area (Å²) >= 11 is 0. The molecule has 112 heavy (non-hydrogen) atoms. The van der Waals surface area contributed by atoms with E-state index in [1.165, 1.54) is 0 Å². The Balaban J connectivity index is 0.000000311. The Morgan fingerprint density at radius 1 is 0.188 bits per heavy atom. The van der Waals surface area contributed by atoms with E-state index in [-0.39, 0.29) is 23.7 Å². The summed E-state index contributed by atoms with van der Waals surface area (Å²) in [5.74, 6) is 12.8. The average molecular weight is 1560 g/mol. The van der Waals surface area contributed by atoms with Crippen molar-refractivity contribution in [3.05, 3.63) is 166 Å². The molecule has 8 rings (SSSR count). The van der Waals surface area contributed by atoms with Crippen molar-refractivity contribution in [3.8, 4) is 115 Å². The van der Waals surface area contributed by atoms with E-state index in [2.05, 4.69) is 36.4 Å². The molecule has 0 spiro atoms. The van der Waals surface area contributed by atoms with Crippen molar-refractivity contribution in [2.24, 2.45) is 23.7 Å². The fourth-order valence-corrected chi connectivity index (χ4v) is 13.8. The lowest BCUT2D eigenvalue weighted by atomic mass is 9.80. The molecule has 0 heterocycles. The van der Waals surface area contributed by atoms with Crippen LogP contribution < -0.4 is 94.7 Å². The van der Waals surface area contributed by atoms with Gasteiger partial charge in [-0.2, -0.15) is 0 Å². The van der Waals surface area contributed by atoms with Gasteiger partial charge in [0, 0.05) is 13.2 Å². The first-order valence-electron chi connectivity index (χ1n) is 36.9. The van der Waals surface area contributed by atoms with Gasteiger partial charge in [0.2, 0.25) is 23.0 Å². The summed E-state index contributed by atoms with van der Waals surface area (Å²) in [6.45, 7) is 3.54. The highest BCUT2D eigenvalue weighted by molar-refractivity contribution is 5.57. The summed E-state index contributed by atoms with van der Waals surface area (Å²) in [5.41, 5.74) is 8.14. The molecule has 0 amide bonds. The molecule has 0 fully saturated rings. The minimum Gasteiger partial charge on any atom is -0.493 e. The Labute approximate surface area is 661 Å². The van der Waals surface area contributed by atoms with Gasteiger partial charge in [-0.1, -0.05) is 24.3 Å². The van der Waals surface area contributed by atoms with Crippen molar-refractivity contribution in [2.75, 3.05) is 169 Å². The topological polar surface area (TPSA) is 222 Å². The quantitative estimate of drug-likeness (QED) is 0.0323. The molecule has 24 heteroatoms. The molecule has 612 valence electrons. The van der Waals surface area contributed by atoms with E-state index in [9.17, 15) is 0 Å². The minimum atomic E-state index is 0.0957. The van der Waals surface area contributed by atoms with Crippen LogP contribution in [0.4, 0.5) is 0 Å². The third-order valence-electron chi connectivity index (χ3n) is 19.5. The molecule has 0 aliphatic carbocycles. The first-order valence-corrected chi connectivity index (χ1v) is 36.9. The molecule has 0 radical (unpaired) electrons. The van der Waals surface area contributed by atoms with Crippen molar-refractivity contribution in [1.82, 2.24) is 0 Å². The molecule has 0 aromatic heterocycles. The van der Waals surface area contributed by atoms with Crippen LogP contribution in [-0.4, -0.2) is 169 Å². The fourth-order valence-electron chi connectivity index (χ4n) is 13.8. The average Bonchev–Trinajstić information content (AvgIpc) is 0.832. The number of rotatable bonds is 50. The summed E-state index contributed by atoms with van der Waals surface area (Å²) in [5, 5.41) is 0. The third kappa shape index (κ3) is 24.8. The maximum Gasteiger partial charge on any atom is 0.203 e. The largest absolute Gasteiger partial charge is 0.493 e. The van der Waals surface area contributed by atoms with E-state index in [1.807, 2.05) is 84.9 Å². The van der Waals surface area contributed by atoms with E-state index in [4.69, 9.17) is 114 Å². The second-order valence-corrected chi connectivity index (χ2v) is 26.2. The lowest BCUT2D eigenvalue weighted by Gasteiger charge is -2.28. The lowest BCUT2D eigenvalue weighted by molar-refractivity contribution is 0.0578. The third-order valence-corrected chi connectivity index (χ3v) is 19.5. The Hall–Kier alpha value is -10.4. The molecule has 4 atom stereocenters. The highest BCUT2D eigenvalue weighted by Crippen LogP contribution is 2.44. The SMILES string of the molecule is COc1ccc(C[C@@H](CCCOCc2cc(OC)c(OC)c(OC)c2)[C@H](COCc2cc(OC)c(OC)c(OC)c2)Cc2ccc(OC)c(OC)c2)cc1OC.COc1ccc(C[C@H](CCCOCc2cc(OC)c(OC)c(OC)c2)[C@@H](COCc2cc(OC)c(OC)c(OC)c2)Cc2ccc(OC)c(OC)c2)cc1OC. The predicted molar refractivity (Wildman–Crippen MR) is 428 cm³/mol. The van der Waals surface area contributed by atoms with E-state index in [0.717, 1.165) is 95.9 Å². The van der Waals surface area contributed by atoms with Crippen LogP contribution in [0.15, 0.2) is 121 Å². The Morgan fingerprint density at radius 2 is 0.375 bits per heavy atom. The summed E-state index contributed by atoms with van der Waals surface area (Å²) in [6, 6.07) is 39.6. The van der Waals surface area contributed by atoms with Crippen LogP contribution >= 0.6 is 0 Å². The highest BCUT2D eigenvalue weighted by Gasteiger charge is 2.28. The lowest BCUT2D eigenvalue weighted by Crippen LogP contribution is -2.25. The summed E-state index contributed by atoms with van der Waals surface area (Å²) in [7, 11) is 32.4. The fraction of sp³-hybridized carbons (Fsp3) is 0.455. The number of methoxy groups -OCH3 is 20. The van der Waals surface area contributed by atoms with E-state index in [0.29, 0.717) is 168 Å². The molecule has 0 unspecified atom stereocenters. The zero-order valence-electron chi connectivity index (χ0n) is 69.0. The van der Waals surface area contributed by atoms with Crippen molar-refractivity contribution >= 4 is 0 Å². The second kappa shape index (κ2) is 47.1. The van der Waals surface area contributed by atoms with Gasteiger partial charge in [0.1, 0.15) is 0 Å². The zero-order chi connectivity index (χ0) is 80.9. The van der Waals surface area contributed by atoms with Crippen LogP contribution in [0.2, 0.25) is 0 Å². The predicted octanol–water partition coefficient (Wildman–Crippen LogP) is 16.0. The maximum atomic E-state index is 6.56. The number of hydrogen-bond acceptors (Lipinski definition) is 24. The van der Waals surface area contributed by atoms with E-state index in [1.54, 1.807) is 142 Å². The molecular formula is C88H116O24. The first kappa shape index (κ1) is 88.8. The second-order valence-electron chi connectivity index (χ2n) is 26.2. The zero-order valence-corrected chi connectivity index (χ0v) is 69.0. The molecule has 8 aromatic carbocycles. The van der Waals surface area contributed by atoms with Crippen LogP contribution in [0.5, 0.6) is 115 Å². The van der Waals surface area contributed by atoms with Crippen LogP contribution in [0, 0.1) is 23.7 Å². The molecular weight excluding hydrogens is 1440 g/mol. The summed E-state index contributed by atoms with van der Waals surface area (Å²) < 4.78 is 137. The van der Waals surface area contributed by atoms with Gasteiger partial charge in [-0.05, 0) is 217 Å². The summed E-state index contributed by atoms with van der Waals surface area (Å²) in [6.07, 6.45) is 6.40. The monoisotopic (exact) mass is 1560 g/mol.